The van der Waals surface area contributed by atoms with Crippen LogP contribution < -0.4 is 9.64 Å². The van der Waals surface area contributed by atoms with Crippen LogP contribution in [0.5, 0.6) is 11.5 Å². The third-order valence-electron chi connectivity index (χ3n) is 3.19. The first-order valence-electron chi connectivity index (χ1n) is 6.73. The Morgan fingerprint density at radius 3 is 2.48 bits per heavy atom. The zero-order valence-corrected chi connectivity index (χ0v) is 12.6. The molecule has 0 fully saturated rings. The Labute approximate surface area is 125 Å². The van der Waals surface area contributed by atoms with E-state index in [-0.39, 0.29) is 5.75 Å². The third kappa shape index (κ3) is 3.99. The lowest BCUT2D eigenvalue weighted by atomic mass is 10.2. The lowest BCUT2D eigenvalue weighted by molar-refractivity contribution is 0.412. The minimum Gasteiger partial charge on any atom is -0.507 e. The molecule has 1 N–H and O–H groups in total. The normalized spacial score (nSPS) is 10.8. The van der Waals surface area contributed by atoms with Gasteiger partial charge in [0.25, 0.3) is 0 Å². The summed E-state index contributed by atoms with van der Waals surface area (Å²) in [7, 11) is 5.62. The fraction of sp³-hybridized carbons (Fsp3) is 0.235. The van der Waals surface area contributed by atoms with Gasteiger partial charge >= 0.3 is 0 Å². The summed E-state index contributed by atoms with van der Waals surface area (Å²) >= 11 is 0. The van der Waals surface area contributed by atoms with E-state index in [1.54, 1.807) is 31.5 Å². The van der Waals surface area contributed by atoms with Gasteiger partial charge in [0.1, 0.15) is 11.5 Å². The summed E-state index contributed by atoms with van der Waals surface area (Å²) in [5.74, 6) is 0.895. The van der Waals surface area contributed by atoms with E-state index >= 15 is 0 Å². The van der Waals surface area contributed by atoms with Gasteiger partial charge in [-0.3, -0.25) is 4.99 Å². The molecule has 0 unspecified atom stereocenters. The number of rotatable bonds is 5. The molecule has 0 radical (unpaired) electrons. The second-order valence-corrected chi connectivity index (χ2v) is 4.96. The molecule has 0 aliphatic carbocycles. The van der Waals surface area contributed by atoms with Crippen LogP contribution >= 0.6 is 0 Å². The average molecular weight is 284 g/mol. The van der Waals surface area contributed by atoms with Gasteiger partial charge in [0.15, 0.2) is 0 Å². The molecule has 2 rings (SSSR count). The number of aromatic hydroxyl groups is 1. The molecule has 2 aromatic rings. The number of aliphatic imine (C=N–C) groups is 1. The molecule has 0 aliphatic heterocycles. The number of phenolic OH excluding ortho intramolecular Hbond substituents is 1. The first-order chi connectivity index (χ1) is 10.1. The van der Waals surface area contributed by atoms with Crippen LogP contribution in [-0.2, 0) is 6.54 Å². The molecular formula is C17H20N2O2. The molecule has 0 saturated carbocycles. The van der Waals surface area contributed by atoms with E-state index in [0.29, 0.717) is 17.9 Å². The summed E-state index contributed by atoms with van der Waals surface area (Å²) in [5, 5.41) is 9.77. The van der Waals surface area contributed by atoms with Gasteiger partial charge in [-0.15, -0.1) is 0 Å². The van der Waals surface area contributed by atoms with Crippen molar-refractivity contribution in [3.8, 4) is 11.5 Å². The summed E-state index contributed by atoms with van der Waals surface area (Å²) in [5.41, 5.74) is 2.94. The molecule has 0 bridgehead atoms. The quantitative estimate of drug-likeness (QED) is 0.858. The molecule has 110 valence electrons. The van der Waals surface area contributed by atoms with Crippen LogP contribution in [0.3, 0.4) is 0 Å². The maximum atomic E-state index is 9.77. The number of anilines is 1. The van der Waals surface area contributed by atoms with Crippen molar-refractivity contribution < 1.29 is 9.84 Å². The van der Waals surface area contributed by atoms with E-state index in [1.807, 2.05) is 14.1 Å². The lowest BCUT2D eigenvalue weighted by Crippen LogP contribution is -2.08. The topological polar surface area (TPSA) is 45.1 Å². The second kappa shape index (κ2) is 6.79. The van der Waals surface area contributed by atoms with E-state index in [2.05, 4.69) is 34.2 Å². The number of hydrogen-bond acceptors (Lipinski definition) is 4. The van der Waals surface area contributed by atoms with Gasteiger partial charge in [0.05, 0.1) is 13.7 Å². The summed E-state index contributed by atoms with van der Waals surface area (Å²) < 4.78 is 5.13. The van der Waals surface area contributed by atoms with Crippen molar-refractivity contribution in [3.63, 3.8) is 0 Å². The molecule has 0 aliphatic rings. The zero-order valence-electron chi connectivity index (χ0n) is 12.6. The minimum atomic E-state index is 0.197. The standard InChI is InChI=1S/C17H20N2O2/c1-19(2)15-6-4-13(5-7-15)11-18-12-14-10-16(21-3)8-9-17(14)20/h4-10,12,20H,11H2,1-3H3. The summed E-state index contributed by atoms with van der Waals surface area (Å²) in [6, 6.07) is 13.3. The smallest absolute Gasteiger partial charge is 0.124 e. The van der Waals surface area contributed by atoms with Gasteiger partial charge in [-0.05, 0) is 35.9 Å². The number of nitrogens with zero attached hydrogens (tertiary/aromatic N) is 2. The Hall–Kier alpha value is -2.49. The Morgan fingerprint density at radius 2 is 1.86 bits per heavy atom. The fourth-order valence-electron chi connectivity index (χ4n) is 1.91. The maximum absolute atomic E-state index is 9.77. The van der Waals surface area contributed by atoms with Crippen LogP contribution in [0.4, 0.5) is 5.69 Å². The maximum Gasteiger partial charge on any atom is 0.124 e. The van der Waals surface area contributed by atoms with Gasteiger partial charge in [-0.2, -0.15) is 0 Å². The molecule has 0 spiro atoms. The summed E-state index contributed by atoms with van der Waals surface area (Å²) in [6.07, 6.45) is 1.66. The summed E-state index contributed by atoms with van der Waals surface area (Å²) in [4.78, 5) is 6.43. The number of benzene rings is 2. The first-order valence-corrected chi connectivity index (χ1v) is 6.73. The van der Waals surface area contributed by atoms with Crippen LogP contribution in [0.1, 0.15) is 11.1 Å². The Bertz CT molecular complexity index is 619. The number of hydrogen-bond donors (Lipinski definition) is 1. The van der Waals surface area contributed by atoms with Crippen LogP contribution in [-0.4, -0.2) is 32.5 Å². The van der Waals surface area contributed by atoms with Crippen molar-refractivity contribution in [2.24, 2.45) is 4.99 Å². The predicted molar refractivity (Wildman–Crippen MR) is 86.7 cm³/mol. The van der Waals surface area contributed by atoms with Crippen LogP contribution in [0, 0.1) is 0 Å². The van der Waals surface area contributed by atoms with Gasteiger partial charge in [-0.25, -0.2) is 0 Å². The highest BCUT2D eigenvalue weighted by atomic mass is 16.5. The molecule has 0 amide bonds. The zero-order chi connectivity index (χ0) is 15.2. The molecule has 2 aromatic carbocycles. The van der Waals surface area contributed by atoms with Crippen LogP contribution in [0.2, 0.25) is 0 Å². The molecule has 0 saturated heterocycles. The van der Waals surface area contributed by atoms with Crippen molar-refractivity contribution in [3.05, 3.63) is 53.6 Å². The van der Waals surface area contributed by atoms with Crippen LogP contribution in [0.15, 0.2) is 47.5 Å². The Balaban J connectivity index is 2.05. The van der Waals surface area contributed by atoms with E-state index in [9.17, 15) is 5.11 Å². The Morgan fingerprint density at radius 1 is 1.14 bits per heavy atom. The monoisotopic (exact) mass is 284 g/mol. The SMILES string of the molecule is COc1ccc(O)c(C=NCc2ccc(N(C)C)cc2)c1. The molecular weight excluding hydrogens is 264 g/mol. The van der Waals surface area contributed by atoms with Gasteiger partial charge in [0.2, 0.25) is 0 Å². The molecule has 4 nitrogen and oxygen atoms in total. The highest BCUT2D eigenvalue weighted by Gasteiger charge is 2.00. The largest absolute Gasteiger partial charge is 0.507 e. The van der Waals surface area contributed by atoms with Crippen molar-refractivity contribution in [1.82, 2.24) is 0 Å². The number of ether oxygens (including phenoxy) is 1. The fourth-order valence-corrected chi connectivity index (χ4v) is 1.91. The van der Waals surface area contributed by atoms with Crippen molar-refractivity contribution in [2.45, 2.75) is 6.54 Å². The van der Waals surface area contributed by atoms with Crippen molar-refractivity contribution in [1.29, 1.82) is 0 Å². The van der Waals surface area contributed by atoms with E-state index in [4.69, 9.17) is 4.74 Å². The molecule has 21 heavy (non-hydrogen) atoms. The van der Waals surface area contributed by atoms with Crippen LogP contribution in [0.25, 0.3) is 0 Å². The molecule has 0 atom stereocenters. The van der Waals surface area contributed by atoms with E-state index in [0.717, 1.165) is 11.3 Å². The van der Waals surface area contributed by atoms with E-state index in [1.165, 1.54) is 0 Å². The number of methoxy groups -OCH3 is 1. The van der Waals surface area contributed by atoms with E-state index < -0.39 is 0 Å². The van der Waals surface area contributed by atoms with Gasteiger partial charge in [-0.1, -0.05) is 12.1 Å². The molecule has 4 heteroatoms. The molecule has 0 heterocycles. The highest BCUT2D eigenvalue weighted by Crippen LogP contribution is 2.21. The Kier molecular flexibility index (Phi) is 4.82. The second-order valence-electron chi connectivity index (χ2n) is 4.96. The van der Waals surface area contributed by atoms with Crippen molar-refractivity contribution >= 4 is 11.9 Å². The van der Waals surface area contributed by atoms with Gasteiger partial charge < -0.3 is 14.7 Å². The predicted octanol–water partition coefficient (Wildman–Crippen LogP) is 3.09. The highest BCUT2D eigenvalue weighted by molar-refractivity contribution is 5.84. The average Bonchev–Trinajstić information content (AvgIpc) is 2.49. The van der Waals surface area contributed by atoms with Gasteiger partial charge in [0, 0.05) is 31.6 Å². The minimum absolute atomic E-state index is 0.197. The number of phenols is 1. The summed E-state index contributed by atoms with van der Waals surface area (Å²) in [6.45, 7) is 0.574. The first kappa shape index (κ1) is 14.9. The third-order valence-corrected chi connectivity index (χ3v) is 3.19. The molecule has 0 aromatic heterocycles. The van der Waals surface area contributed by atoms with Crippen molar-refractivity contribution in [2.75, 3.05) is 26.1 Å². The lowest BCUT2D eigenvalue weighted by Gasteiger charge is -2.12.